The molecule has 0 radical (unpaired) electrons. The molecule has 2 heterocycles. The fourth-order valence-electron chi connectivity index (χ4n) is 5.45. The summed E-state index contributed by atoms with van der Waals surface area (Å²) in [5.41, 5.74) is 1.61. The molecule has 1 aliphatic heterocycles. The zero-order chi connectivity index (χ0) is 29.6. The maximum Gasteiger partial charge on any atom is 0.335 e. The SMILES string of the molecule is O=C(O)c1cc(F)cc(N2CCC(O)(c3ccc(OCc4c(-c5c(Cl)cccc5Cl)noc4C4CC4)cc3Cl)CC2)c1. The van der Waals surface area contributed by atoms with Crippen LogP contribution in [-0.4, -0.2) is 34.4 Å². The molecule has 1 aliphatic carbocycles. The van der Waals surface area contributed by atoms with E-state index >= 15 is 0 Å². The normalized spacial score (nSPS) is 16.5. The number of hydrogen-bond acceptors (Lipinski definition) is 6. The van der Waals surface area contributed by atoms with Crippen LogP contribution in [0, 0.1) is 5.82 Å². The average Bonchev–Trinajstić information content (AvgIpc) is 3.71. The van der Waals surface area contributed by atoms with Gasteiger partial charge >= 0.3 is 5.97 Å². The van der Waals surface area contributed by atoms with Gasteiger partial charge in [-0.25, -0.2) is 9.18 Å². The van der Waals surface area contributed by atoms with Gasteiger partial charge in [-0.3, -0.25) is 0 Å². The van der Waals surface area contributed by atoms with Gasteiger partial charge in [-0.1, -0.05) is 52.1 Å². The van der Waals surface area contributed by atoms with Crippen LogP contribution in [0.25, 0.3) is 11.3 Å². The highest BCUT2D eigenvalue weighted by Crippen LogP contribution is 2.46. The fourth-order valence-corrected chi connectivity index (χ4v) is 6.37. The fraction of sp³-hybridized carbons (Fsp3) is 0.290. The number of aromatic nitrogens is 1. The molecule has 0 unspecified atom stereocenters. The van der Waals surface area contributed by atoms with E-state index in [-0.39, 0.29) is 18.1 Å². The van der Waals surface area contributed by atoms with E-state index in [1.54, 1.807) is 36.4 Å². The zero-order valence-corrected chi connectivity index (χ0v) is 24.5. The maximum absolute atomic E-state index is 14.0. The third-order valence-electron chi connectivity index (χ3n) is 7.88. The molecule has 0 bridgehead atoms. The molecule has 6 rings (SSSR count). The van der Waals surface area contributed by atoms with Crippen molar-refractivity contribution in [3.63, 3.8) is 0 Å². The van der Waals surface area contributed by atoms with Crippen molar-refractivity contribution in [2.24, 2.45) is 0 Å². The minimum absolute atomic E-state index is 0.123. The van der Waals surface area contributed by atoms with Gasteiger partial charge in [0, 0.05) is 35.8 Å². The molecule has 2 fully saturated rings. The van der Waals surface area contributed by atoms with Crippen LogP contribution in [0.5, 0.6) is 5.75 Å². The Morgan fingerprint density at radius 2 is 1.76 bits per heavy atom. The first-order valence-corrected chi connectivity index (χ1v) is 14.6. The summed E-state index contributed by atoms with van der Waals surface area (Å²) in [7, 11) is 0. The van der Waals surface area contributed by atoms with Crippen molar-refractivity contribution < 1.29 is 28.7 Å². The van der Waals surface area contributed by atoms with Crippen LogP contribution in [0.3, 0.4) is 0 Å². The number of nitrogens with zero attached hydrogens (tertiary/aromatic N) is 2. The van der Waals surface area contributed by atoms with Crippen molar-refractivity contribution in [1.29, 1.82) is 0 Å². The van der Waals surface area contributed by atoms with E-state index in [1.165, 1.54) is 12.1 Å². The first-order chi connectivity index (χ1) is 20.1. The summed E-state index contributed by atoms with van der Waals surface area (Å²) in [5.74, 6) is -0.277. The largest absolute Gasteiger partial charge is 0.489 e. The molecule has 1 saturated carbocycles. The number of carboxylic acids is 1. The lowest BCUT2D eigenvalue weighted by Crippen LogP contribution is -2.42. The lowest BCUT2D eigenvalue weighted by molar-refractivity contribution is 0.0118. The second-order valence-corrected chi connectivity index (χ2v) is 11.9. The third-order valence-corrected chi connectivity index (χ3v) is 8.82. The number of rotatable bonds is 8. The van der Waals surface area contributed by atoms with Crippen LogP contribution >= 0.6 is 34.8 Å². The quantitative estimate of drug-likeness (QED) is 0.203. The summed E-state index contributed by atoms with van der Waals surface area (Å²) in [6, 6.07) is 14.1. The first kappa shape index (κ1) is 28.8. The Hall–Kier alpha value is -3.30. The number of halogens is 4. The smallest absolute Gasteiger partial charge is 0.335 e. The molecule has 11 heteroatoms. The topological polar surface area (TPSA) is 96.0 Å². The molecule has 0 spiro atoms. The second-order valence-electron chi connectivity index (χ2n) is 10.7. The minimum atomic E-state index is -1.21. The number of anilines is 1. The lowest BCUT2D eigenvalue weighted by Gasteiger charge is -2.40. The molecule has 42 heavy (non-hydrogen) atoms. The Balaban J connectivity index is 1.18. The maximum atomic E-state index is 14.0. The van der Waals surface area contributed by atoms with Crippen molar-refractivity contribution in [2.45, 2.75) is 43.8 Å². The Morgan fingerprint density at radius 1 is 1.05 bits per heavy atom. The van der Waals surface area contributed by atoms with Crippen LogP contribution < -0.4 is 9.64 Å². The molecule has 3 aromatic carbocycles. The van der Waals surface area contributed by atoms with Crippen LogP contribution in [-0.2, 0) is 12.2 Å². The Bertz CT molecular complexity index is 1640. The number of carbonyl (C=O) groups is 1. The van der Waals surface area contributed by atoms with Gasteiger partial charge in [0.25, 0.3) is 0 Å². The Labute approximate surface area is 256 Å². The van der Waals surface area contributed by atoms with Gasteiger partial charge in [-0.2, -0.15) is 0 Å². The van der Waals surface area contributed by atoms with Gasteiger partial charge in [0.2, 0.25) is 0 Å². The summed E-state index contributed by atoms with van der Waals surface area (Å²) >= 11 is 19.6. The summed E-state index contributed by atoms with van der Waals surface area (Å²) < 4.78 is 25.9. The highest BCUT2D eigenvalue weighted by molar-refractivity contribution is 6.39. The zero-order valence-electron chi connectivity index (χ0n) is 22.2. The Morgan fingerprint density at radius 3 is 2.40 bits per heavy atom. The van der Waals surface area contributed by atoms with Gasteiger partial charge in [0.1, 0.15) is 29.6 Å². The molecular weight excluding hydrogens is 606 g/mol. The van der Waals surface area contributed by atoms with Gasteiger partial charge in [-0.05, 0) is 68.1 Å². The Kier molecular flexibility index (Phi) is 7.83. The second kappa shape index (κ2) is 11.4. The molecule has 2 aliphatic rings. The number of ether oxygens (including phenoxy) is 1. The van der Waals surface area contributed by atoms with E-state index in [9.17, 15) is 19.4 Å². The van der Waals surface area contributed by atoms with Gasteiger partial charge < -0.3 is 24.4 Å². The van der Waals surface area contributed by atoms with Crippen LogP contribution in [0.15, 0.2) is 59.1 Å². The molecule has 0 amide bonds. The van der Waals surface area contributed by atoms with E-state index in [0.29, 0.717) is 69.3 Å². The summed E-state index contributed by atoms with van der Waals surface area (Å²) in [6.45, 7) is 0.934. The summed E-state index contributed by atoms with van der Waals surface area (Å²) in [4.78, 5) is 13.2. The number of hydrogen-bond donors (Lipinski definition) is 2. The number of aromatic carboxylic acids is 1. The predicted molar refractivity (Wildman–Crippen MR) is 158 cm³/mol. The molecule has 1 saturated heterocycles. The molecule has 0 atom stereocenters. The molecule has 1 aromatic heterocycles. The van der Waals surface area contributed by atoms with Crippen LogP contribution in [0.4, 0.5) is 10.1 Å². The van der Waals surface area contributed by atoms with Crippen molar-refractivity contribution in [3.8, 4) is 17.0 Å². The molecule has 7 nitrogen and oxygen atoms in total. The van der Waals surface area contributed by atoms with Crippen LogP contribution in [0.2, 0.25) is 15.1 Å². The van der Waals surface area contributed by atoms with Crippen LogP contribution in [0.1, 0.15) is 58.8 Å². The monoisotopic (exact) mass is 630 g/mol. The van der Waals surface area contributed by atoms with E-state index in [4.69, 9.17) is 44.1 Å². The van der Waals surface area contributed by atoms with Gasteiger partial charge in [0.15, 0.2) is 0 Å². The summed E-state index contributed by atoms with van der Waals surface area (Å²) in [6.07, 6.45) is 2.65. The van der Waals surface area contributed by atoms with Crippen molar-refractivity contribution in [2.75, 3.05) is 18.0 Å². The number of carboxylic acid groups (broad SMARTS) is 1. The molecule has 218 valence electrons. The first-order valence-electron chi connectivity index (χ1n) is 13.5. The van der Waals surface area contributed by atoms with E-state index in [0.717, 1.165) is 30.2 Å². The van der Waals surface area contributed by atoms with Gasteiger partial charge in [0.05, 0.1) is 31.8 Å². The highest BCUT2D eigenvalue weighted by atomic mass is 35.5. The standard InChI is InChI=1S/C31H26Cl3FN2O5/c32-24-2-1-3-25(33)27(24)28-22(29(42-36-28)17-4-5-17)16-41-21-6-7-23(26(34)15-21)31(40)8-10-37(11-9-31)20-13-18(30(38)39)12-19(35)14-20/h1-3,6-7,12-15,17,40H,4-5,8-11,16H2,(H,38,39). The minimum Gasteiger partial charge on any atom is -0.489 e. The number of aliphatic hydroxyl groups is 1. The number of piperidine rings is 1. The van der Waals surface area contributed by atoms with Gasteiger partial charge in [-0.15, -0.1) is 0 Å². The van der Waals surface area contributed by atoms with Crippen molar-refractivity contribution >= 4 is 46.5 Å². The molecule has 2 N–H and O–H groups in total. The van der Waals surface area contributed by atoms with E-state index in [2.05, 4.69) is 5.16 Å². The van der Waals surface area contributed by atoms with E-state index < -0.39 is 17.4 Å². The average molecular weight is 632 g/mol. The lowest BCUT2D eigenvalue weighted by atomic mass is 9.84. The molecular formula is C31H26Cl3FN2O5. The number of benzene rings is 3. The highest BCUT2D eigenvalue weighted by Gasteiger charge is 2.37. The third kappa shape index (κ3) is 5.69. The van der Waals surface area contributed by atoms with Crippen molar-refractivity contribution in [3.05, 3.63) is 97.9 Å². The van der Waals surface area contributed by atoms with Crippen molar-refractivity contribution in [1.82, 2.24) is 5.16 Å². The predicted octanol–water partition coefficient (Wildman–Crippen LogP) is 8.08. The summed E-state index contributed by atoms with van der Waals surface area (Å²) in [5, 5.41) is 26.3. The molecule has 4 aromatic rings. The van der Waals surface area contributed by atoms with E-state index in [1.807, 2.05) is 4.90 Å².